The third-order valence-corrected chi connectivity index (χ3v) is 3.29. The molecule has 0 spiro atoms. The predicted molar refractivity (Wildman–Crippen MR) is 79.0 cm³/mol. The predicted octanol–water partition coefficient (Wildman–Crippen LogP) is 1.82. The van der Waals surface area contributed by atoms with E-state index >= 15 is 0 Å². The van der Waals surface area contributed by atoms with Gasteiger partial charge in [-0.2, -0.15) is 0 Å². The molecule has 20 heavy (non-hydrogen) atoms. The van der Waals surface area contributed by atoms with Gasteiger partial charge in [-0.1, -0.05) is 12.1 Å². The molecule has 1 amide bonds. The van der Waals surface area contributed by atoms with E-state index in [1.165, 1.54) is 11.3 Å². The lowest BCUT2D eigenvalue weighted by Gasteiger charge is -2.09. The number of thiazole rings is 1. The van der Waals surface area contributed by atoms with Crippen LogP contribution in [0.1, 0.15) is 12.6 Å². The molecular weight excluding hydrogens is 276 g/mol. The molecule has 1 aromatic carbocycles. The summed E-state index contributed by atoms with van der Waals surface area (Å²) in [5, 5.41) is 5.71. The lowest BCUT2D eigenvalue weighted by atomic mass is 10.3. The van der Waals surface area contributed by atoms with Crippen molar-refractivity contribution in [1.82, 2.24) is 10.4 Å². The first-order chi connectivity index (χ1) is 9.72. The van der Waals surface area contributed by atoms with Crippen LogP contribution in [0.5, 0.6) is 5.75 Å². The minimum absolute atomic E-state index is 0.168. The highest BCUT2D eigenvalue weighted by Crippen LogP contribution is 2.28. The van der Waals surface area contributed by atoms with Crippen LogP contribution in [0.3, 0.4) is 0 Å². The fraction of sp³-hybridized carbons (Fsp3) is 0.231. The minimum Gasteiger partial charge on any atom is -0.492 e. The van der Waals surface area contributed by atoms with Gasteiger partial charge in [0.25, 0.3) is 0 Å². The summed E-state index contributed by atoms with van der Waals surface area (Å²) in [5.74, 6) is 5.55. The molecule has 0 saturated carbocycles. The van der Waals surface area contributed by atoms with E-state index in [1.807, 2.05) is 36.6 Å². The zero-order valence-corrected chi connectivity index (χ0v) is 11.9. The molecular formula is C13H16N4O2S. The number of nitrogens with two attached hydrogens (primary N) is 1. The highest BCUT2D eigenvalue weighted by Gasteiger charge is 2.08. The van der Waals surface area contributed by atoms with Crippen LogP contribution in [0, 0.1) is 0 Å². The molecule has 0 aliphatic heterocycles. The Hall–Kier alpha value is -2.12. The Morgan fingerprint density at radius 2 is 2.25 bits per heavy atom. The van der Waals surface area contributed by atoms with Gasteiger partial charge in [-0.25, -0.2) is 10.8 Å². The molecule has 6 nitrogen and oxygen atoms in total. The van der Waals surface area contributed by atoms with Gasteiger partial charge in [0.2, 0.25) is 5.91 Å². The van der Waals surface area contributed by atoms with Gasteiger partial charge in [-0.05, 0) is 19.1 Å². The molecule has 106 valence electrons. The van der Waals surface area contributed by atoms with Crippen molar-refractivity contribution in [3.05, 3.63) is 35.3 Å². The van der Waals surface area contributed by atoms with Gasteiger partial charge in [0.15, 0.2) is 5.13 Å². The van der Waals surface area contributed by atoms with E-state index in [2.05, 4.69) is 15.7 Å². The number of ether oxygens (including phenoxy) is 1. The van der Waals surface area contributed by atoms with Crippen molar-refractivity contribution in [2.75, 3.05) is 11.9 Å². The number of carbonyl (C=O) groups excluding carboxylic acids is 1. The summed E-state index contributed by atoms with van der Waals surface area (Å²) in [6, 6.07) is 7.64. The molecule has 1 aromatic heterocycles. The van der Waals surface area contributed by atoms with Gasteiger partial charge in [0.1, 0.15) is 5.75 Å². The van der Waals surface area contributed by atoms with Crippen molar-refractivity contribution in [3.8, 4) is 5.75 Å². The smallest absolute Gasteiger partial charge is 0.239 e. The second-order valence-electron chi connectivity index (χ2n) is 3.94. The highest BCUT2D eigenvalue weighted by atomic mass is 32.1. The molecule has 2 aromatic rings. The number of para-hydroxylation sites is 2. The molecule has 0 fully saturated rings. The number of carbonyl (C=O) groups is 1. The van der Waals surface area contributed by atoms with Crippen molar-refractivity contribution in [2.24, 2.45) is 5.84 Å². The van der Waals surface area contributed by atoms with E-state index in [-0.39, 0.29) is 12.3 Å². The van der Waals surface area contributed by atoms with E-state index in [0.717, 1.165) is 11.4 Å². The molecule has 1 heterocycles. The van der Waals surface area contributed by atoms with E-state index < -0.39 is 0 Å². The Balaban J connectivity index is 2.08. The van der Waals surface area contributed by atoms with Gasteiger partial charge in [0, 0.05) is 5.38 Å². The van der Waals surface area contributed by atoms with Crippen molar-refractivity contribution in [1.29, 1.82) is 0 Å². The lowest BCUT2D eigenvalue weighted by molar-refractivity contribution is -0.120. The Bertz CT molecular complexity index is 585. The number of hydrogen-bond acceptors (Lipinski definition) is 6. The Morgan fingerprint density at radius 1 is 1.45 bits per heavy atom. The number of hydrogen-bond donors (Lipinski definition) is 3. The summed E-state index contributed by atoms with van der Waals surface area (Å²) in [6.07, 6.45) is 0.168. The van der Waals surface area contributed by atoms with E-state index in [4.69, 9.17) is 10.6 Å². The molecule has 0 unspecified atom stereocenters. The Labute approximate surface area is 120 Å². The monoisotopic (exact) mass is 292 g/mol. The number of aromatic nitrogens is 1. The van der Waals surface area contributed by atoms with Crippen LogP contribution in [0.15, 0.2) is 29.6 Å². The minimum atomic E-state index is -0.267. The molecule has 4 N–H and O–H groups in total. The first-order valence-electron chi connectivity index (χ1n) is 6.15. The van der Waals surface area contributed by atoms with Crippen molar-refractivity contribution in [3.63, 3.8) is 0 Å². The number of nitrogens with one attached hydrogen (secondary N) is 2. The third-order valence-electron chi connectivity index (χ3n) is 2.48. The van der Waals surface area contributed by atoms with Crippen LogP contribution in [0.4, 0.5) is 10.8 Å². The van der Waals surface area contributed by atoms with Crippen molar-refractivity contribution >= 4 is 28.1 Å². The van der Waals surface area contributed by atoms with Crippen molar-refractivity contribution in [2.45, 2.75) is 13.3 Å². The summed E-state index contributed by atoms with van der Waals surface area (Å²) in [5.41, 5.74) is 3.60. The number of amides is 1. The van der Waals surface area contributed by atoms with Gasteiger partial charge in [0.05, 0.1) is 24.4 Å². The molecule has 0 bridgehead atoms. The molecule has 0 radical (unpaired) electrons. The summed E-state index contributed by atoms with van der Waals surface area (Å²) >= 11 is 1.43. The molecule has 0 aliphatic carbocycles. The number of nitrogens with zero attached hydrogens (tertiary/aromatic N) is 1. The zero-order valence-electron chi connectivity index (χ0n) is 11.1. The van der Waals surface area contributed by atoms with E-state index in [1.54, 1.807) is 0 Å². The van der Waals surface area contributed by atoms with Gasteiger partial charge in [-0.3, -0.25) is 10.2 Å². The third kappa shape index (κ3) is 3.69. The highest BCUT2D eigenvalue weighted by molar-refractivity contribution is 7.13. The quantitative estimate of drug-likeness (QED) is 0.429. The van der Waals surface area contributed by atoms with Gasteiger partial charge < -0.3 is 10.1 Å². The van der Waals surface area contributed by atoms with Gasteiger partial charge >= 0.3 is 0 Å². The first kappa shape index (κ1) is 14.3. The zero-order chi connectivity index (χ0) is 14.4. The SMILES string of the molecule is CCOc1ccccc1Nc1nc(CC(=O)NN)cs1. The normalized spacial score (nSPS) is 10.1. The first-order valence-corrected chi connectivity index (χ1v) is 7.03. The lowest BCUT2D eigenvalue weighted by Crippen LogP contribution is -2.31. The molecule has 0 aliphatic rings. The van der Waals surface area contributed by atoms with Crippen molar-refractivity contribution < 1.29 is 9.53 Å². The molecule has 0 saturated heterocycles. The summed E-state index contributed by atoms with van der Waals surface area (Å²) in [4.78, 5) is 15.5. The van der Waals surface area contributed by atoms with Crippen LogP contribution in [-0.4, -0.2) is 17.5 Å². The maximum atomic E-state index is 11.2. The maximum Gasteiger partial charge on any atom is 0.239 e. The van der Waals surface area contributed by atoms with Crippen LogP contribution < -0.4 is 21.3 Å². The average Bonchev–Trinajstić information content (AvgIpc) is 2.88. The van der Waals surface area contributed by atoms with Crippen LogP contribution in [-0.2, 0) is 11.2 Å². The number of hydrazine groups is 1. The van der Waals surface area contributed by atoms with Crippen LogP contribution >= 0.6 is 11.3 Å². The molecule has 2 rings (SSSR count). The fourth-order valence-corrected chi connectivity index (χ4v) is 2.35. The average molecular weight is 292 g/mol. The second-order valence-corrected chi connectivity index (χ2v) is 4.80. The van der Waals surface area contributed by atoms with E-state index in [9.17, 15) is 4.79 Å². The standard InChI is InChI=1S/C13H16N4O2S/c1-2-19-11-6-4-3-5-10(11)16-13-15-9(8-20-13)7-12(18)17-14/h3-6,8H,2,7,14H2,1H3,(H,15,16)(H,17,18). The summed E-state index contributed by atoms with van der Waals surface area (Å²) in [6.45, 7) is 2.53. The molecule has 0 atom stereocenters. The Kier molecular flexibility index (Phi) is 4.91. The fourth-order valence-electron chi connectivity index (χ4n) is 1.63. The summed E-state index contributed by atoms with van der Waals surface area (Å²) in [7, 11) is 0. The molecule has 7 heteroatoms. The number of rotatable bonds is 6. The van der Waals surface area contributed by atoms with Crippen LogP contribution in [0.25, 0.3) is 0 Å². The number of anilines is 2. The Morgan fingerprint density at radius 3 is 3.00 bits per heavy atom. The second kappa shape index (κ2) is 6.88. The van der Waals surface area contributed by atoms with Crippen LogP contribution in [0.2, 0.25) is 0 Å². The largest absolute Gasteiger partial charge is 0.492 e. The van der Waals surface area contributed by atoms with E-state index in [0.29, 0.717) is 17.4 Å². The summed E-state index contributed by atoms with van der Waals surface area (Å²) < 4.78 is 5.53. The topological polar surface area (TPSA) is 89.3 Å². The van der Waals surface area contributed by atoms with Gasteiger partial charge in [-0.15, -0.1) is 11.3 Å². The number of benzene rings is 1. The maximum absolute atomic E-state index is 11.2.